The highest BCUT2D eigenvalue weighted by atomic mass is 32.2. The van der Waals surface area contributed by atoms with E-state index >= 15 is 0 Å². The average Bonchev–Trinajstić information content (AvgIpc) is 3.37. The summed E-state index contributed by atoms with van der Waals surface area (Å²) in [7, 11) is -2.09. The molecule has 2 aliphatic rings. The standard InChI is InChI=1S/C15H22N2O3S/c1-20-13-7-2-10(9-16)8-14(13)21(18,19)17-15(11-3-4-11)12-5-6-12/h2,7-8,11-12,15,17H,3-6,9,16H2,1H3. The Balaban J connectivity index is 1.89. The van der Waals surface area contributed by atoms with Crippen LogP contribution in [0.15, 0.2) is 23.1 Å². The molecule has 0 amide bonds. The van der Waals surface area contributed by atoms with E-state index in [1.54, 1.807) is 18.2 Å². The van der Waals surface area contributed by atoms with E-state index in [1.807, 2.05) is 0 Å². The molecule has 1 aromatic rings. The van der Waals surface area contributed by atoms with Gasteiger partial charge >= 0.3 is 0 Å². The number of sulfonamides is 1. The highest BCUT2D eigenvalue weighted by Gasteiger charge is 2.43. The second-order valence-electron chi connectivity index (χ2n) is 6.01. The Morgan fingerprint density at radius 1 is 1.29 bits per heavy atom. The lowest BCUT2D eigenvalue weighted by atomic mass is 10.1. The molecule has 0 aromatic heterocycles. The first-order valence-corrected chi connectivity index (χ1v) is 8.93. The molecule has 5 nitrogen and oxygen atoms in total. The summed E-state index contributed by atoms with van der Waals surface area (Å²) in [5.74, 6) is 1.39. The van der Waals surface area contributed by atoms with E-state index < -0.39 is 10.0 Å². The summed E-state index contributed by atoms with van der Waals surface area (Å²) in [5, 5.41) is 0. The number of nitrogens with two attached hydrogens (primary N) is 1. The Hall–Kier alpha value is -1.11. The van der Waals surface area contributed by atoms with Crippen molar-refractivity contribution in [2.24, 2.45) is 17.6 Å². The minimum absolute atomic E-state index is 0.0845. The molecule has 0 radical (unpaired) electrons. The van der Waals surface area contributed by atoms with Gasteiger partial charge in [0.1, 0.15) is 10.6 Å². The molecule has 116 valence electrons. The number of rotatable bonds is 7. The van der Waals surface area contributed by atoms with Crippen LogP contribution in [0, 0.1) is 11.8 Å². The third-order valence-electron chi connectivity index (χ3n) is 4.30. The van der Waals surface area contributed by atoms with E-state index in [0.29, 0.717) is 24.1 Å². The summed E-state index contributed by atoms with van der Waals surface area (Å²) in [6.45, 7) is 0.307. The third-order valence-corrected chi connectivity index (χ3v) is 5.78. The lowest BCUT2D eigenvalue weighted by molar-refractivity contribution is 0.400. The van der Waals surface area contributed by atoms with Gasteiger partial charge in [0.05, 0.1) is 7.11 Å². The van der Waals surface area contributed by atoms with Gasteiger partial charge in [0, 0.05) is 12.6 Å². The van der Waals surface area contributed by atoms with Crippen LogP contribution in [0.25, 0.3) is 0 Å². The molecule has 2 fully saturated rings. The Labute approximate surface area is 125 Å². The highest BCUT2D eigenvalue weighted by Crippen LogP contribution is 2.45. The fourth-order valence-corrected chi connectivity index (χ4v) is 4.38. The van der Waals surface area contributed by atoms with Crippen LogP contribution in [0.3, 0.4) is 0 Å². The van der Waals surface area contributed by atoms with Gasteiger partial charge in [-0.1, -0.05) is 6.07 Å². The van der Waals surface area contributed by atoms with Crippen LogP contribution < -0.4 is 15.2 Å². The second-order valence-corrected chi connectivity index (χ2v) is 7.69. The van der Waals surface area contributed by atoms with E-state index in [0.717, 1.165) is 31.2 Å². The first kappa shape index (κ1) is 14.8. The van der Waals surface area contributed by atoms with Crippen molar-refractivity contribution in [1.29, 1.82) is 0 Å². The zero-order chi connectivity index (χ0) is 15.0. The zero-order valence-electron chi connectivity index (χ0n) is 12.2. The van der Waals surface area contributed by atoms with Crippen LogP contribution >= 0.6 is 0 Å². The number of nitrogens with one attached hydrogen (secondary N) is 1. The summed E-state index contributed by atoms with van der Waals surface area (Å²) >= 11 is 0. The molecule has 0 atom stereocenters. The maximum absolute atomic E-state index is 12.7. The van der Waals surface area contributed by atoms with Crippen molar-refractivity contribution in [3.8, 4) is 5.75 Å². The van der Waals surface area contributed by atoms with Gasteiger partial charge < -0.3 is 10.5 Å². The van der Waals surface area contributed by atoms with Gasteiger partial charge in [-0.3, -0.25) is 0 Å². The molecule has 3 N–H and O–H groups in total. The Kier molecular flexibility index (Phi) is 3.94. The summed E-state index contributed by atoms with van der Waals surface area (Å²) in [5.41, 5.74) is 6.40. The van der Waals surface area contributed by atoms with Crippen molar-refractivity contribution >= 4 is 10.0 Å². The van der Waals surface area contributed by atoms with Crippen LogP contribution in [0.2, 0.25) is 0 Å². The molecule has 0 spiro atoms. The van der Waals surface area contributed by atoms with Gasteiger partial charge in [-0.25, -0.2) is 13.1 Å². The monoisotopic (exact) mass is 310 g/mol. The quantitative estimate of drug-likeness (QED) is 0.802. The van der Waals surface area contributed by atoms with E-state index in [9.17, 15) is 8.42 Å². The van der Waals surface area contributed by atoms with E-state index in [2.05, 4.69) is 4.72 Å². The Morgan fingerprint density at radius 2 is 1.90 bits per heavy atom. The molecule has 6 heteroatoms. The largest absolute Gasteiger partial charge is 0.495 e. The Morgan fingerprint density at radius 3 is 2.38 bits per heavy atom. The van der Waals surface area contributed by atoms with Crippen molar-refractivity contribution in [2.75, 3.05) is 7.11 Å². The van der Waals surface area contributed by atoms with E-state index in [1.165, 1.54) is 7.11 Å². The number of hydrogen-bond donors (Lipinski definition) is 2. The second kappa shape index (κ2) is 5.59. The number of benzene rings is 1. The van der Waals surface area contributed by atoms with Crippen LogP contribution in [0.1, 0.15) is 31.2 Å². The summed E-state index contributed by atoms with van der Waals surface area (Å²) < 4.78 is 33.6. The molecule has 2 aliphatic carbocycles. The van der Waals surface area contributed by atoms with Crippen molar-refractivity contribution in [1.82, 2.24) is 4.72 Å². The third kappa shape index (κ3) is 3.22. The summed E-state index contributed by atoms with van der Waals surface area (Å²) in [6, 6.07) is 5.15. The summed E-state index contributed by atoms with van der Waals surface area (Å²) in [4.78, 5) is 0.194. The smallest absolute Gasteiger partial charge is 0.244 e. The first-order valence-electron chi connectivity index (χ1n) is 7.44. The van der Waals surface area contributed by atoms with Gasteiger partial charge in [-0.15, -0.1) is 0 Å². The van der Waals surface area contributed by atoms with Crippen molar-refractivity contribution < 1.29 is 13.2 Å². The van der Waals surface area contributed by atoms with Gasteiger partial charge in [0.15, 0.2) is 0 Å². The fourth-order valence-electron chi connectivity index (χ4n) is 2.79. The SMILES string of the molecule is COc1ccc(CN)cc1S(=O)(=O)NC(C1CC1)C1CC1. The van der Waals surface area contributed by atoms with Gasteiger partial charge in [0.2, 0.25) is 10.0 Å². The van der Waals surface area contributed by atoms with Crippen molar-refractivity contribution in [3.05, 3.63) is 23.8 Å². The molecule has 1 aromatic carbocycles. The minimum Gasteiger partial charge on any atom is -0.495 e. The first-order chi connectivity index (χ1) is 10.0. The normalized spacial score (nSPS) is 19.0. The molecular formula is C15H22N2O3S. The molecular weight excluding hydrogens is 288 g/mol. The van der Waals surface area contributed by atoms with Gasteiger partial charge in [-0.2, -0.15) is 0 Å². The molecule has 0 bridgehead atoms. The van der Waals surface area contributed by atoms with Crippen LogP contribution in [0.4, 0.5) is 0 Å². The number of methoxy groups -OCH3 is 1. The van der Waals surface area contributed by atoms with E-state index in [4.69, 9.17) is 10.5 Å². The zero-order valence-corrected chi connectivity index (χ0v) is 13.0. The van der Waals surface area contributed by atoms with Crippen molar-refractivity contribution in [2.45, 2.75) is 43.2 Å². The van der Waals surface area contributed by atoms with Gasteiger partial charge in [-0.05, 0) is 55.2 Å². The summed E-state index contributed by atoms with van der Waals surface area (Å²) in [6.07, 6.45) is 4.51. The number of hydrogen-bond acceptors (Lipinski definition) is 4. The maximum atomic E-state index is 12.7. The molecule has 3 rings (SSSR count). The van der Waals surface area contributed by atoms with Gasteiger partial charge in [0.25, 0.3) is 0 Å². The van der Waals surface area contributed by atoms with E-state index in [-0.39, 0.29) is 10.9 Å². The minimum atomic E-state index is -3.58. The molecule has 0 heterocycles. The molecule has 0 saturated heterocycles. The van der Waals surface area contributed by atoms with Crippen molar-refractivity contribution in [3.63, 3.8) is 0 Å². The number of ether oxygens (including phenoxy) is 1. The average molecular weight is 310 g/mol. The predicted molar refractivity (Wildman–Crippen MR) is 80.4 cm³/mol. The molecule has 21 heavy (non-hydrogen) atoms. The lowest BCUT2D eigenvalue weighted by Gasteiger charge is -2.19. The van der Waals surface area contributed by atoms with Crippen LogP contribution in [-0.4, -0.2) is 21.6 Å². The molecule has 2 saturated carbocycles. The Bertz CT molecular complexity index is 610. The predicted octanol–water partition coefficient (Wildman–Crippen LogP) is 1.62. The van der Waals surface area contributed by atoms with Crippen LogP contribution in [0.5, 0.6) is 5.75 Å². The van der Waals surface area contributed by atoms with Crippen LogP contribution in [-0.2, 0) is 16.6 Å². The fraction of sp³-hybridized carbons (Fsp3) is 0.600. The molecule has 0 aliphatic heterocycles. The molecule has 0 unspecified atom stereocenters. The maximum Gasteiger partial charge on any atom is 0.244 e. The topological polar surface area (TPSA) is 81.4 Å². The lowest BCUT2D eigenvalue weighted by Crippen LogP contribution is -2.38. The highest BCUT2D eigenvalue weighted by molar-refractivity contribution is 7.89.